The van der Waals surface area contributed by atoms with Crippen LogP contribution in [0.15, 0.2) is 12.1 Å². The molecular formula is C13H22ClNS. The lowest BCUT2D eigenvalue weighted by atomic mass is 9.87. The third-order valence-electron chi connectivity index (χ3n) is 2.71. The zero-order chi connectivity index (χ0) is 12.0. The molecule has 0 fully saturated rings. The largest absolute Gasteiger partial charge is 0.316 e. The van der Waals surface area contributed by atoms with Crippen molar-refractivity contribution in [3.63, 3.8) is 0 Å². The Bertz CT molecular complexity index is 307. The second kappa shape index (κ2) is 6.63. The summed E-state index contributed by atoms with van der Waals surface area (Å²) in [7, 11) is 0. The molecule has 0 unspecified atom stereocenters. The Morgan fingerprint density at radius 3 is 2.69 bits per heavy atom. The van der Waals surface area contributed by atoms with Crippen LogP contribution in [0.4, 0.5) is 0 Å². The molecule has 1 N–H and O–H groups in total. The lowest BCUT2D eigenvalue weighted by Crippen LogP contribution is -2.30. The van der Waals surface area contributed by atoms with Gasteiger partial charge in [0.05, 0.1) is 4.34 Å². The van der Waals surface area contributed by atoms with Crippen LogP contribution in [0.25, 0.3) is 0 Å². The summed E-state index contributed by atoms with van der Waals surface area (Å²) in [6.07, 6.45) is 3.55. The topological polar surface area (TPSA) is 12.0 Å². The van der Waals surface area contributed by atoms with Crippen LogP contribution in [0.5, 0.6) is 0 Å². The number of hydrogen-bond donors (Lipinski definition) is 1. The maximum atomic E-state index is 5.92. The van der Waals surface area contributed by atoms with Crippen molar-refractivity contribution >= 4 is 22.9 Å². The summed E-state index contributed by atoms with van der Waals surface area (Å²) in [4.78, 5) is 1.40. The highest BCUT2D eigenvalue weighted by Gasteiger charge is 2.17. The average molecular weight is 260 g/mol. The van der Waals surface area contributed by atoms with Crippen LogP contribution in [0.2, 0.25) is 4.34 Å². The van der Waals surface area contributed by atoms with Gasteiger partial charge in [0.15, 0.2) is 0 Å². The van der Waals surface area contributed by atoms with Gasteiger partial charge in [-0.15, -0.1) is 11.3 Å². The van der Waals surface area contributed by atoms with E-state index in [1.54, 1.807) is 11.3 Å². The lowest BCUT2D eigenvalue weighted by Gasteiger charge is -2.24. The molecule has 0 aliphatic carbocycles. The molecule has 1 aromatic rings. The smallest absolute Gasteiger partial charge is 0.0931 e. The standard InChI is InChI=1S/C13H22ClNS/c1-4-9-15-10-13(2,3)8-7-11-5-6-12(14)16-11/h5-6,15H,4,7-10H2,1-3H3. The van der Waals surface area contributed by atoms with Crippen LogP contribution >= 0.6 is 22.9 Å². The van der Waals surface area contributed by atoms with Crippen molar-refractivity contribution < 1.29 is 0 Å². The van der Waals surface area contributed by atoms with Crippen LogP contribution in [0, 0.1) is 5.41 Å². The Kier molecular flexibility index (Phi) is 5.81. The number of halogens is 1. The highest BCUT2D eigenvalue weighted by Crippen LogP contribution is 2.27. The molecule has 1 rings (SSSR count). The molecule has 0 aliphatic rings. The van der Waals surface area contributed by atoms with Crippen molar-refractivity contribution in [1.82, 2.24) is 5.32 Å². The van der Waals surface area contributed by atoms with E-state index in [1.165, 1.54) is 17.7 Å². The fourth-order valence-corrected chi connectivity index (χ4v) is 2.73. The molecule has 0 atom stereocenters. The minimum Gasteiger partial charge on any atom is -0.316 e. The second-order valence-electron chi connectivity index (χ2n) is 5.05. The van der Waals surface area contributed by atoms with Crippen molar-refractivity contribution in [3.05, 3.63) is 21.3 Å². The maximum Gasteiger partial charge on any atom is 0.0931 e. The molecule has 16 heavy (non-hydrogen) atoms. The van der Waals surface area contributed by atoms with E-state index in [4.69, 9.17) is 11.6 Å². The minimum atomic E-state index is 0.367. The van der Waals surface area contributed by atoms with Crippen LogP contribution in [-0.2, 0) is 6.42 Å². The van der Waals surface area contributed by atoms with Crippen LogP contribution in [-0.4, -0.2) is 13.1 Å². The highest BCUT2D eigenvalue weighted by molar-refractivity contribution is 7.16. The van der Waals surface area contributed by atoms with E-state index in [2.05, 4.69) is 32.2 Å². The molecule has 0 saturated heterocycles. The molecule has 0 bridgehead atoms. The molecule has 1 heterocycles. The second-order valence-corrected chi connectivity index (χ2v) is 6.85. The number of rotatable bonds is 7. The summed E-state index contributed by atoms with van der Waals surface area (Å²) in [5.41, 5.74) is 0.367. The first-order valence-electron chi connectivity index (χ1n) is 5.98. The van der Waals surface area contributed by atoms with Crippen molar-refractivity contribution in [2.45, 2.75) is 40.0 Å². The van der Waals surface area contributed by atoms with Gasteiger partial charge in [0.2, 0.25) is 0 Å². The zero-order valence-electron chi connectivity index (χ0n) is 10.5. The van der Waals surface area contributed by atoms with E-state index in [9.17, 15) is 0 Å². The Morgan fingerprint density at radius 2 is 2.12 bits per heavy atom. The predicted molar refractivity (Wildman–Crippen MR) is 74.6 cm³/mol. The molecule has 1 nitrogen and oxygen atoms in total. The molecule has 0 amide bonds. The lowest BCUT2D eigenvalue weighted by molar-refractivity contribution is 0.316. The third-order valence-corrected chi connectivity index (χ3v) is 4.00. The van der Waals surface area contributed by atoms with Gasteiger partial charge in [-0.25, -0.2) is 0 Å². The normalized spacial score (nSPS) is 12.0. The van der Waals surface area contributed by atoms with E-state index < -0.39 is 0 Å². The Labute approximate surface area is 108 Å². The summed E-state index contributed by atoms with van der Waals surface area (Å²) >= 11 is 7.62. The Balaban J connectivity index is 2.29. The molecular weight excluding hydrogens is 238 g/mol. The fourth-order valence-electron chi connectivity index (χ4n) is 1.64. The van der Waals surface area contributed by atoms with Crippen molar-refractivity contribution in [1.29, 1.82) is 0 Å². The van der Waals surface area contributed by atoms with Crippen molar-refractivity contribution in [3.8, 4) is 0 Å². The van der Waals surface area contributed by atoms with E-state index in [0.717, 1.165) is 23.8 Å². The quantitative estimate of drug-likeness (QED) is 0.718. The monoisotopic (exact) mass is 259 g/mol. The van der Waals surface area contributed by atoms with Crippen LogP contribution < -0.4 is 5.32 Å². The predicted octanol–water partition coefficient (Wildman–Crippen LogP) is 4.36. The van der Waals surface area contributed by atoms with Gasteiger partial charge >= 0.3 is 0 Å². The summed E-state index contributed by atoms with van der Waals surface area (Å²) in [6, 6.07) is 4.13. The van der Waals surface area contributed by atoms with Gasteiger partial charge in [-0.1, -0.05) is 32.4 Å². The van der Waals surface area contributed by atoms with E-state index in [0.29, 0.717) is 5.41 Å². The summed E-state index contributed by atoms with van der Waals surface area (Å²) < 4.78 is 0.900. The van der Waals surface area contributed by atoms with E-state index in [1.807, 2.05) is 6.07 Å². The molecule has 0 radical (unpaired) electrons. The highest BCUT2D eigenvalue weighted by atomic mass is 35.5. The van der Waals surface area contributed by atoms with Crippen molar-refractivity contribution in [2.24, 2.45) is 5.41 Å². The molecule has 0 aromatic carbocycles. The molecule has 0 aliphatic heterocycles. The number of nitrogens with one attached hydrogen (secondary N) is 1. The summed E-state index contributed by atoms with van der Waals surface area (Å²) in [5.74, 6) is 0. The van der Waals surface area contributed by atoms with E-state index >= 15 is 0 Å². The van der Waals surface area contributed by atoms with Gasteiger partial charge in [0.25, 0.3) is 0 Å². The maximum absolute atomic E-state index is 5.92. The first-order chi connectivity index (χ1) is 7.53. The fraction of sp³-hybridized carbons (Fsp3) is 0.692. The average Bonchev–Trinajstić information content (AvgIpc) is 2.62. The molecule has 0 spiro atoms. The third kappa shape index (κ3) is 5.33. The van der Waals surface area contributed by atoms with Crippen LogP contribution in [0.1, 0.15) is 38.5 Å². The van der Waals surface area contributed by atoms with Gasteiger partial charge in [-0.3, -0.25) is 0 Å². The summed E-state index contributed by atoms with van der Waals surface area (Å²) in [6.45, 7) is 9.07. The number of aryl methyl sites for hydroxylation is 1. The molecule has 1 aromatic heterocycles. The molecule has 92 valence electrons. The minimum absolute atomic E-state index is 0.367. The Morgan fingerprint density at radius 1 is 1.38 bits per heavy atom. The van der Waals surface area contributed by atoms with Gasteiger partial charge in [0.1, 0.15) is 0 Å². The van der Waals surface area contributed by atoms with Gasteiger partial charge < -0.3 is 5.32 Å². The van der Waals surface area contributed by atoms with Crippen molar-refractivity contribution in [2.75, 3.05) is 13.1 Å². The molecule has 3 heteroatoms. The zero-order valence-corrected chi connectivity index (χ0v) is 12.0. The first kappa shape index (κ1) is 14.0. The SMILES string of the molecule is CCCNCC(C)(C)CCc1ccc(Cl)s1. The van der Waals surface area contributed by atoms with Gasteiger partial charge in [-0.2, -0.15) is 0 Å². The van der Waals surface area contributed by atoms with Crippen LogP contribution in [0.3, 0.4) is 0 Å². The number of hydrogen-bond acceptors (Lipinski definition) is 2. The first-order valence-corrected chi connectivity index (χ1v) is 7.18. The molecule has 0 saturated carbocycles. The van der Waals surface area contributed by atoms with Gasteiger partial charge in [0, 0.05) is 11.4 Å². The summed E-state index contributed by atoms with van der Waals surface area (Å²) in [5, 5.41) is 3.49. The Hall–Kier alpha value is -0.0500. The van der Waals surface area contributed by atoms with Gasteiger partial charge in [-0.05, 0) is 43.4 Å². The van der Waals surface area contributed by atoms with E-state index in [-0.39, 0.29) is 0 Å². The number of thiophene rings is 1.